The van der Waals surface area contributed by atoms with Crippen LogP contribution in [0.5, 0.6) is 0 Å². The number of hydrogen-bond donors (Lipinski definition) is 2. The standard InChI is InChI=1S/C19H16F3N7O2S/c1-11-5-6-13(7-14(11)15-9-24-18-17(23)25-10-26-29(15)18)32(30,31)27-8-12-3-2-4-16(28-12)19(20,21)22/h2-7,9-10,27H,8H2,1H3,(H2,23,25,26). The van der Waals surface area contributed by atoms with Crippen LogP contribution in [0.4, 0.5) is 19.0 Å². The number of hydrogen-bond acceptors (Lipinski definition) is 7. The minimum absolute atomic E-state index is 0.0651. The smallest absolute Gasteiger partial charge is 0.381 e. The fourth-order valence-electron chi connectivity index (χ4n) is 3.05. The van der Waals surface area contributed by atoms with Crippen molar-refractivity contribution in [3.05, 3.63) is 65.9 Å². The molecule has 0 amide bonds. The van der Waals surface area contributed by atoms with Crippen LogP contribution in [0.1, 0.15) is 17.0 Å². The number of imidazole rings is 1. The lowest BCUT2D eigenvalue weighted by molar-refractivity contribution is -0.141. The highest BCUT2D eigenvalue weighted by Gasteiger charge is 2.32. The minimum Gasteiger partial charge on any atom is -0.381 e. The number of nitrogens with one attached hydrogen (secondary N) is 1. The lowest BCUT2D eigenvalue weighted by Gasteiger charge is -2.11. The molecule has 32 heavy (non-hydrogen) atoms. The third-order valence-corrected chi connectivity index (χ3v) is 6.07. The van der Waals surface area contributed by atoms with E-state index < -0.39 is 28.4 Å². The summed E-state index contributed by atoms with van der Waals surface area (Å²) >= 11 is 0. The molecule has 0 fully saturated rings. The van der Waals surface area contributed by atoms with E-state index in [0.717, 1.165) is 11.6 Å². The van der Waals surface area contributed by atoms with Crippen molar-refractivity contribution in [1.82, 2.24) is 29.3 Å². The summed E-state index contributed by atoms with van der Waals surface area (Å²) in [6, 6.07) is 7.72. The van der Waals surface area contributed by atoms with Crippen LogP contribution in [0.25, 0.3) is 16.9 Å². The molecule has 3 heterocycles. The molecule has 0 atom stereocenters. The molecule has 0 aliphatic carbocycles. The summed E-state index contributed by atoms with van der Waals surface area (Å²) in [6.45, 7) is 1.38. The number of sulfonamides is 1. The van der Waals surface area contributed by atoms with Gasteiger partial charge < -0.3 is 5.73 Å². The Kier molecular flexibility index (Phi) is 5.30. The van der Waals surface area contributed by atoms with E-state index in [2.05, 4.69) is 24.8 Å². The van der Waals surface area contributed by atoms with E-state index in [4.69, 9.17) is 5.73 Å². The van der Waals surface area contributed by atoms with Gasteiger partial charge in [-0.25, -0.2) is 32.6 Å². The van der Waals surface area contributed by atoms with E-state index >= 15 is 0 Å². The minimum atomic E-state index is -4.62. The van der Waals surface area contributed by atoms with Crippen LogP contribution in [0, 0.1) is 6.92 Å². The Hall–Kier alpha value is -3.58. The Bertz CT molecular complexity index is 1420. The number of rotatable bonds is 5. The number of alkyl halides is 3. The Morgan fingerprint density at radius 2 is 1.94 bits per heavy atom. The number of aromatic nitrogens is 5. The molecule has 0 unspecified atom stereocenters. The van der Waals surface area contributed by atoms with E-state index in [0.29, 0.717) is 16.9 Å². The molecule has 0 radical (unpaired) electrons. The number of anilines is 1. The average Bonchev–Trinajstić information content (AvgIpc) is 3.17. The van der Waals surface area contributed by atoms with Crippen molar-refractivity contribution in [2.75, 3.05) is 5.73 Å². The Morgan fingerprint density at radius 1 is 1.16 bits per heavy atom. The van der Waals surface area contributed by atoms with E-state index in [9.17, 15) is 21.6 Å². The van der Waals surface area contributed by atoms with Gasteiger partial charge in [0.1, 0.15) is 12.0 Å². The summed E-state index contributed by atoms with van der Waals surface area (Å²) in [6.07, 6.45) is -1.87. The fraction of sp³-hybridized carbons (Fsp3) is 0.158. The normalized spacial score (nSPS) is 12.4. The highest BCUT2D eigenvalue weighted by Crippen LogP contribution is 2.28. The molecule has 3 aromatic heterocycles. The largest absolute Gasteiger partial charge is 0.433 e. The number of aryl methyl sites for hydroxylation is 1. The van der Waals surface area contributed by atoms with Crippen LogP contribution in [0.2, 0.25) is 0 Å². The molecule has 166 valence electrons. The topological polar surface area (TPSA) is 128 Å². The summed E-state index contributed by atoms with van der Waals surface area (Å²) < 4.78 is 67.9. The summed E-state index contributed by atoms with van der Waals surface area (Å²) in [5.41, 5.74) is 6.75. The SMILES string of the molecule is Cc1ccc(S(=O)(=O)NCc2cccc(C(F)(F)F)n2)cc1-c1cnc2c(N)ncnn12. The number of benzene rings is 1. The van der Waals surface area contributed by atoms with Gasteiger partial charge in [0, 0.05) is 5.56 Å². The second kappa shape index (κ2) is 7.84. The van der Waals surface area contributed by atoms with E-state index in [1.165, 1.54) is 41.3 Å². The molecule has 13 heteroatoms. The van der Waals surface area contributed by atoms with Gasteiger partial charge in [0.25, 0.3) is 0 Å². The number of nitrogens with two attached hydrogens (primary N) is 1. The van der Waals surface area contributed by atoms with E-state index in [1.54, 1.807) is 13.0 Å². The molecular formula is C19H16F3N7O2S. The first-order valence-corrected chi connectivity index (χ1v) is 10.6. The van der Waals surface area contributed by atoms with Crippen molar-refractivity contribution in [1.29, 1.82) is 0 Å². The molecule has 0 bridgehead atoms. The molecule has 0 spiro atoms. The van der Waals surface area contributed by atoms with Crippen molar-refractivity contribution < 1.29 is 21.6 Å². The number of nitrogens with zero attached hydrogens (tertiary/aromatic N) is 5. The average molecular weight is 463 g/mol. The number of fused-ring (bicyclic) bond motifs is 1. The van der Waals surface area contributed by atoms with Crippen LogP contribution in [-0.4, -0.2) is 33.0 Å². The Balaban J connectivity index is 1.65. The molecule has 1 aromatic carbocycles. The zero-order chi connectivity index (χ0) is 23.1. The maximum Gasteiger partial charge on any atom is 0.433 e. The summed E-state index contributed by atoms with van der Waals surface area (Å²) in [5.74, 6) is 0.169. The zero-order valence-electron chi connectivity index (χ0n) is 16.5. The van der Waals surface area contributed by atoms with Crippen molar-refractivity contribution in [3.63, 3.8) is 0 Å². The van der Waals surface area contributed by atoms with Crippen LogP contribution < -0.4 is 10.5 Å². The van der Waals surface area contributed by atoms with Gasteiger partial charge in [-0.05, 0) is 36.8 Å². The van der Waals surface area contributed by atoms with E-state index in [-0.39, 0.29) is 16.4 Å². The first-order chi connectivity index (χ1) is 15.1. The lowest BCUT2D eigenvalue weighted by atomic mass is 10.1. The third kappa shape index (κ3) is 4.11. The first kappa shape index (κ1) is 21.6. The second-order valence-electron chi connectivity index (χ2n) is 6.84. The number of pyridine rings is 1. The molecule has 3 N–H and O–H groups in total. The number of nitrogen functional groups attached to an aromatic ring is 1. The Morgan fingerprint density at radius 3 is 2.69 bits per heavy atom. The summed E-state index contributed by atoms with van der Waals surface area (Å²) in [4.78, 5) is 11.4. The third-order valence-electron chi connectivity index (χ3n) is 4.67. The van der Waals surface area contributed by atoms with Crippen LogP contribution in [0.15, 0.2) is 53.8 Å². The maximum absolute atomic E-state index is 12.8. The van der Waals surface area contributed by atoms with Gasteiger partial charge in [-0.15, -0.1) is 0 Å². The maximum atomic E-state index is 12.8. The monoisotopic (exact) mass is 463 g/mol. The number of halogens is 3. The predicted octanol–water partition coefficient (Wildman–Crippen LogP) is 2.57. The molecular weight excluding hydrogens is 447 g/mol. The highest BCUT2D eigenvalue weighted by atomic mass is 32.2. The van der Waals surface area contributed by atoms with Crippen molar-refractivity contribution >= 4 is 21.5 Å². The van der Waals surface area contributed by atoms with Gasteiger partial charge in [-0.2, -0.15) is 18.3 Å². The highest BCUT2D eigenvalue weighted by molar-refractivity contribution is 7.89. The van der Waals surface area contributed by atoms with Gasteiger partial charge >= 0.3 is 6.18 Å². The summed E-state index contributed by atoms with van der Waals surface area (Å²) in [5, 5.41) is 4.11. The predicted molar refractivity (Wildman–Crippen MR) is 109 cm³/mol. The first-order valence-electron chi connectivity index (χ1n) is 9.14. The lowest BCUT2D eigenvalue weighted by Crippen LogP contribution is -2.24. The van der Waals surface area contributed by atoms with E-state index in [1.807, 2.05) is 0 Å². The molecule has 4 rings (SSSR count). The fourth-order valence-corrected chi connectivity index (χ4v) is 4.08. The van der Waals surface area contributed by atoms with Gasteiger partial charge in [-0.3, -0.25) is 0 Å². The van der Waals surface area contributed by atoms with Crippen molar-refractivity contribution in [3.8, 4) is 11.3 Å². The van der Waals surface area contributed by atoms with Crippen LogP contribution in [-0.2, 0) is 22.7 Å². The Labute approximate surface area is 180 Å². The van der Waals surface area contributed by atoms with Gasteiger partial charge in [-0.1, -0.05) is 12.1 Å². The van der Waals surface area contributed by atoms with Crippen molar-refractivity contribution in [2.45, 2.75) is 24.5 Å². The second-order valence-corrected chi connectivity index (χ2v) is 8.60. The van der Waals surface area contributed by atoms with Gasteiger partial charge in [0.2, 0.25) is 10.0 Å². The van der Waals surface area contributed by atoms with Crippen LogP contribution in [0.3, 0.4) is 0 Å². The quantitative estimate of drug-likeness (QED) is 0.466. The molecule has 4 aromatic rings. The zero-order valence-corrected chi connectivity index (χ0v) is 17.3. The summed E-state index contributed by atoms with van der Waals surface area (Å²) in [7, 11) is -4.06. The van der Waals surface area contributed by atoms with Gasteiger partial charge in [0.05, 0.1) is 29.0 Å². The van der Waals surface area contributed by atoms with Crippen molar-refractivity contribution in [2.24, 2.45) is 0 Å². The molecule has 0 aliphatic rings. The van der Waals surface area contributed by atoms with Crippen LogP contribution >= 0.6 is 0 Å². The molecule has 0 saturated heterocycles. The van der Waals surface area contributed by atoms with Gasteiger partial charge in [0.15, 0.2) is 11.5 Å². The molecule has 0 saturated carbocycles. The molecule has 0 aliphatic heterocycles. The molecule has 9 nitrogen and oxygen atoms in total.